The van der Waals surface area contributed by atoms with E-state index in [9.17, 15) is 28.0 Å². The highest BCUT2D eigenvalue weighted by atomic mass is 19.3. The molecule has 7 nitrogen and oxygen atoms in total. The average Bonchev–Trinajstić information content (AvgIpc) is 3.34. The molecule has 0 aromatic carbocycles. The number of carbonyl (C=O) groups excluding carboxylic acids is 4. The second kappa shape index (κ2) is 7.48. The Bertz CT molecular complexity index is 956. The van der Waals surface area contributed by atoms with Gasteiger partial charge in [0.1, 0.15) is 6.10 Å². The molecule has 1 heterocycles. The monoisotopic (exact) mass is 493 g/mol. The van der Waals surface area contributed by atoms with Crippen molar-refractivity contribution in [2.24, 2.45) is 46.8 Å². The number of imide groups is 1. The summed E-state index contributed by atoms with van der Waals surface area (Å²) in [6.07, 6.45) is 3.80. The molecule has 0 aromatic heterocycles. The van der Waals surface area contributed by atoms with Gasteiger partial charge in [0.05, 0.1) is 23.3 Å². The van der Waals surface area contributed by atoms with Crippen LogP contribution in [-0.2, 0) is 28.7 Å². The fourth-order valence-electron chi connectivity index (χ4n) is 9.20. The number of alkyl halides is 2. The maximum Gasteiger partial charge on any atom is 0.310 e. The Kier molecular flexibility index (Phi) is 4.99. The predicted octanol–water partition coefficient (Wildman–Crippen LogP) is 3.34. The first kappa shape index (κ1) is 23.3. The van der Waals surface area contributed by atoms with E-state index in [0.29, 0.717) is 31.1 Å². The molecule has 0 spiro atoms. The molecule has 7 rings (SSSR count). The largest absolute Gasteiger partial charge is 0.460 e. The van der Waals surface area contributed by atoms with Crippen molar-refractivity contribution in [1.29, 1.82) is 0 Å². The lowest BCUT2D eigenvalue weighted by atomic mass is 9.49. The van der Waals surface area contributed by atoms with Crippen molar-refractivity contribution in [2.45, 2.75) is 89.9 Å². The number of carbonyl (C=O) groups is 4. The Morgan fingerprint density at radius 3 is 2.11 bits per heavy atom. The van der Waals surface area contributed by atoms with E-state index in [4.69, 9.17) is 9.47 Å². The van der Waals surface area contributed by atoms with Crippen LogP contribution in [0.5, 0.6) is 0 Å². The summed E-state index contributed by atoms with van der Waals surface area (Å²) >= 11 is 0. The SMILES string of the molecule is CC(=O)OC1C2CC3C(C(=O)N(C(=O)C45CC6CC(CC(C6)C4)C5)C31)C2C(=O)OC(C)C(C)(F)F. The first-order valence-corrected chi connectivity index (χ1v) is 13.0. The number of likely N-dealkylation sites (tertiary alicyclic amines) is 1. The number of fused-ring (bicyclic) bond motifs is 1. The number of hydrogen-bond acceptors (Lipinski definition) is 6. The van der Waals surface area contributed by atoms with E-state index >= 15 is 0 Å². The van der Waals surface area contributed by atoms with Gasteiger partial charge < -0.3 is 9.47 Å². The molecule has 0 radical (unpaired) electrons. The standard InChI is InChI=1S/C26H33F2NO6/c1-11(25(3,27)28)34-23(32)19-17-7-16-18(19)22(31)29(20(16)21(17)35-12(2)30)24(33)26-8-13-4-14(9-26)6-15(5-13)10-26/h11,13-21H,4-10H2,1-3H3. The van der Waals surface area contributed by atoms with Gasteiger partial charge in [0, 0.05) is 19.8 Å². The van der Waals surface area contributed by atoms with Gasteiger partial charge in [0.2, 0.25) is 11.8 Å². The van der Waals surface area contributed by atoms with Crippen molar-refractivity contribution in [3.8, 4) is 0 Å². The zero-order chi connectivity index (χ0) is 25.0. The number of hydrogen-bond donors (Lipinski definition) is 0. The molecular formula is C26H33F2NO6. The van der Waals surface area contributed by atoms with Crippen LogP contribution in [0.1, 0.15) is 65.7 Å². The molecule has 7 atom stereocenters. The summed E-state index contributed by atoms with van der Waals surface area (Å²) in [5.41, 5.74) is -0.554. The molecule has 1 saturated heterocycles. The maximum absolute atomic E-state index is 14.2. The van der Waals surface area contributed by atoms with E-state index in [1.165, 1.54) is 11.8 Å². The van der Waals surface area contributed by atoms with Gasteiger partial charge in [-0.1, -0.05) is 0 Å². The summed E-state index contributed by atoms with van der Waals surface area (Å²) in [4.78, 5) is 54.4. The fourth-order valence-corrected chi connectivity index (χ4v) is 9.20. The van der Waals surface area contributed by atoms with E-state index in [-0.39, 0.29) is 11.8 Å². The highest BCUT2D eigenvalue weighted by molar-refractivity contribution is 6.04. The Morgan fingerprint density at radius 1 is 1.03 bits per heavy atom. The number of nitrogens with zero attached hydrogens (tertiary/aromatic N) is 1. The molecule has 0 aromatic rings. The summed E-state index contributed by atoms with van der Waals surface area (Å²) in [6, 6.07) is -0.587. The zero-order valence-corrected chi connectivity index (χ0v) is 20.4. The Hall–Kier alpha value is -2.06. The smallest absolute Gasteiger partial charge is 0.310 e. The summed E-state index contributed by atoms with van der Waals surface area (Å²) in [6.45, 7) is 3.06. The molecule has 35 heavy (non-hydrogen) atoms. The topological polar surface area (TPSA) is 90.0 Å². The second-order valence-corrected chi connectivity index (χ2v) is 12.4. The molecule has 7 aliphatic rings. The van der Waals surface area contributed by atoms with Gasteiger partial charge in [-0.05, 0) is 75.5 Å². The molecule has 6 bridgehead atoms. The van der Waals surface area contributed by atoms with Crippen LogP contribution < -0.4 is 0 Å². The molecule has 1 aliphatic heterocycles. The van der Waals surface area contributed by atoms with Gasteiger partial charge in [-0.3, -0.25) is 24.1 Å². The van der Waals surface area contributed by atoms with Crippen LogP contribution in [0.15, 0.2) is 0 Å². The lowest BCUT2D eigenvalue weighted by Crippen LogP contribution is -2.58. The fraction of sp³-hybridized carbons (Fsp3) is 0.846. The Morgan fingerprint density at radius 2 is 1.60 bits per heavy atom. The summed E-state index contributed by atoms with van der Waals surface area (Å²) < 4.78 is 38.2. The minimum atomic E-state index is -3.23. The number of halogens is 2. The molecule has 6 saturated carbocycles. The first-order valence-electron chi connectivity index (χ1n) is 13.0. The molecule has 6 aliphatic carbocycles. The first-order chi connectivity index (χ1) is 16.4. The maximum atomic E-state index is 14.2. The lowest BCUT2D eigenvalue weighted by Gasteiger charge is -2.56. The third-order valence-electron chi connectivity index (χ3n) is 10.2. The van der Waals surface area contributed by atoms with Gasteiger partial charge in [0.15, 0.2) is 6.10 Å². The van der Waals surface area contributed by atoms with Crippen molar-refractivity contribution in [3.63, 3.8) is 0 Å². The van der Waals surface area contributed by atoms with Crippen LogP contribution in [0, 0.1) is 46.8 Å². The lowest BCUT2D eigenvalue weighted by molar-refractivity contribution is -0.179. The van der Waals surface area contributed by atoms with E-state index in [2.05, 4.69) is 0 Å². The third-order valence-corrected chi connectivity index (χ3v) is 10.2. The summed E-state index contributed by atoms with van der Waals surface area (Å²) in [5.74, 6) is -6.34. The number of ether oxygens (including phenoxy) is 2. The van der Waals surface area contributed by atoms with Gasteiger partial charge in [-0.25, -0.2) is 8.78 Å². The molecule has 0 N–H and O–H groups in total. The zero-order valence-electron chi connectivity index (χ0n) is 20.4. The van der Waals surface area contributed by atoms with Crippen molar-refractivity contribution in [3.05, 3.63) is 0 Å². The van der Waals surface area contributed by atoms with Crippen LogP contribution in [-0.4, -0.2) is 52.8 Å². The van der Waals surface area contributed by atoms with Crippen molar-refractivity contribution in [1.82, 2.24) is 4.90 Å². The molecule has 9 heteroatoms. The molecular weight excluding hydrogens is 460 g/mol. The average molecular weight is 494 g/mol. The van der Waals surface area contributed by atoms with Crippen LogP contribution in [0.2, 0.25) is 0 Å². The molecule has 7 fully saturated rings. The number of esters is 2. The van der Waals surface area contributed by atoms with E-state index in [1.807, 2.05) is 0 Å². The summed E-state index contributed by atoms with van der Waals surface area (Å²) in [7, 11) is 0. The normalized spacial score (nSPS) is 45.7. The van der Waals surface area contributed by atoms with Crippen LogP contribution in [0.3, 0.4) is 0 Å². The van der Waals surface area contributed by atoms with E-state index in [1.54, 1.807) is 0 Å². The third kappa shape index (κ3) is 3.31. The minimum Gasteiger partial charge on any atom is -0.460 e. The quantitative estimate of drug-likeness (QED) is 0.431. The molecule has 192 valence electrons. The van der Waals surface area contributed by atoms with Crippen LogP contribution >= 0.6 is 0 Å². The second-order valence-electron chi connectivity index (χ2n) is 12.4. The van der Waals surface area contributed by atoms with Crippen LogP contribution in [0.25, 0.3) is 0 Å². The van der Waals surface area contributed by atoms with Crippen molar-refractivity contribution in [2.75, 3.05) is 0 Å². The summed E-state index contributed by atoms with van der Waals surface area (Å²) in [5, 5.41) is 0. The minimum absolute atomic E-state index is 0.167. The Labute approximate surface area is 203 Å². The predicted molar refractivity (Wildman–Crippen MR) is 117 cm³/mol. The number of rotatable bonds is 5. The van der Waals surface area contributed by atoms with Gasteiger partial charge in [0.25, 0.3) is 5.92 Å². The van der Waals surface area contributed by atoms with E-state index in [0.717, 1.165) is 45.4 Å². The molecule has 7 unspecified atom stereocenters. The number of amides is 2. The molecule has 2 amide bonds. The van der Waals surface area contributed by atoms with E-state index < -0.39 is 65.2 Å². The highest BCUT2D eigenvalue weighted by Crippen LogP contribution is 2.64. The van der Waals surface area contributed by atoms with Gasteiger partial charge in [-0.2, -0.15) is 0 Å². The van der Waals surface area contributed by atoms with Gasteiger partial charge >= 0.3 is 11.9 Å². The van der Waals surface area contributed by atoms with Crippen molar-refractivity contribution >= 4 is 23.8 Å². The van der Waals surface area contributed by atoms with Crippen molar-refractivity contribution < 1.29 is 37.4 Å². The Balaban J connectivity index is 1.32. The van der Waals surface area contributed by atoms with Crippen LogP contribution in [0.4, 0.5) is 8.78 Å². The highest BCUT2D eigenvalue weighted by Gasteiger charge is 2.73. The van der Waals surface area contributed by atoms with Gasteiger partial charge in [-0.15, -0.1) is 0 Å².